The van der Waals surface area contributed by atoms with Crippen LogP contribution in [0.1, 0.15) is 13.8 Å². The summed E-state index contributed by atoms with van der Waals surface area (Å²) in [5, 5.41) is 8.91. The van der Waals surface area contributed by atoms with Crippen molar-refractivity contribution in [1.29, 1.82) is 0 Å². The van der Waals surface area contributed by atoms with Gasteiger partial charge in [0.2, 0.25) is 5.76 Å². The first kappa shape index (κ1) is 12.0. The number of hydrogen-bond donors (Lipinski definition) is 1. The molecule has 0 fully saturated rings. The Bertz CT molecular complexity index is 406. The van der Waals surface area contributed by atoms with Crippen molar-refractivity contribution in [2.24, 2.45) is 0 Å². The Morgan fingerprint density at radius 2 is 1.93 bits per heavy atom. The fraction of sp³-hybridized carbons (Fsp3) is 0.182. The van der Waals surface area contributed by atoms with Gasteiger partial charge in [-0.05, 0) is 54.1 Å². The van der Waals surface area contributed by atoms with Gasteiger partial charge in [-0.15, -0.1) is 0 Å². The van der Waals surface area contributed by atoms with Crippen molar-refractivity contribution in [3.8, 4) is 5.75 Å². The van der Waals surface area contributed by atoms with E-state index in [0.29, 0.717) is 11.3 Å². The van der Waals surface area contributed by atoms with E-state index in [4.69, 9.17) is 9.84 Å². The van der Waals surface area contributed by atoms with Crippen LogP contribution in [-0.2, 0) is 4.79 Å². The Morgan fingerprint density at radius 3 is 2.40 bits per heavy atom. The molecule has 80 valence electrons. The lowest BCUT2D eigenvalue weighted by atomic mass is 10.3. The number of carbonyl (C=O) groups is 1. The first-order valence-corrected chi connectivity index (χ1v) is 5.43. The van der Waals surface area contributed by atoms with Crippen LogP contribution in [0.25, 0.3) is 0 Å². The third-order valence-corrected chi connectivity index (χ3v) is 2.59. The summed E-state index contributed by atoms with van der Waals surface area (Å²) >= 11 is 2.10. The van der Waals surface area contributed by atoms with E-state index in [1.165, 1.54) is 0 Å². The molecule has 0 radical (unpaired) electrons. The highest BCUT2D eigenvalue weighted by molar-refractivity contribution is 14.1. The van der Waals surface area contributed by atoms with E-state index in [1.807, 2.05) is 18.2 Å². The minimum absolute atomic E-state index is 0.0147. The van der Waals surface area contributed by atoms with Crippen LogP contribution < -0.4 is 4.74 Å². The van der Waals surface area contributed by atoms with Gasteiger partial charge < -0.3 is 9.84 Å². The Hall–Kier alpha value is -1.04. The van der Waals surface area contributed by atoms with Gasteiger partial charge in [0.1, 0.15) is 5.75 Å². The molecule has 0 unspecified atom stereocenters. The van der Waals surface area contributed by atoms with E-state index in [0.717, 1.165) is 3.57 Å². The second kappa shape index (κ2) is 5.16. The van der Waals surface area contributed by atoms with Crippen LogP contribution in [0.2, 0.25) is 0 Å². The van der Waals surface area contributed by atoms with E-state index in [2.05, 4.69) is 22.6 Å². The second-order valence-corrected chi connectivity index (χ2v) is 4.33. The number of halogens is 1. The van der Waals surface area contributed by atoms with Crippen LogP contribution >= 0.6 is 22.6 Å². The molecule has 1 aromatic rings. The molecule has 0 saturated heterocycles. The van der Waals surface area contributed by atoms with Gasteiger partial charge in [-0.25, -0.2) is 4.79 Å². The summed E-state index contributed by atoms with van der Waals surface area (Å²) in [6.45, 7) is 3.42. The predicted molar refractivity (Wildman–Crippen MR) is 65.8 cm³/mol. The summed E-state index contributed by atoms with van der Waals surface area (Å²) in [6.07, 6.45) is 0. The molecule has 0 aromatic heterocycles. The van der Waals surface area contributed by atoms with Crippen molar-refractivity contribution < 1.29 is 14.6 Å². The molecule has 0 amide bonds. The number of rotatable bonds is 3. The molecule has 0 aliphatic carbocycles. The van der Waals surface area contributed by atoms with Gasteiger partial charge >= 0.3 is 5.97 Å². The van der Waals surface area contributed by atoms with Crippen LogP contribution in [0, 0.1) is 3.57 Å². The highest BCUT2D eigenvalue weighted by Gasteiger charge is 2.13. The molecule has 1 aromatic carbocycles. The van der Waals surface area contributed by atoms with Crippen molar-refractivity contribution in [2.75, 3.05) is 0 Å². The zero-order valence-corrected chi connectivity index (χ0v) is 10.6. The summed E-state index contributed by atoms with van der Waals surface area (Å²) in [4.78, 5) is 10.9. The topological polar surface area (TPSA) is 46.5 Å². The maximum Gasteiger partial charge on any atom is 0.371 e. The van der Waals surface area contributed by atoms with Gasteiger partial charge in [0.25, 0.3) is 0 Å². The summed E-state index contributed by atoms with van der Waals surface area (Å²) in [7, 11) is 0. The molecule has 0 bridgehead atoms. The SMILES string of the molecule is CC(C)=C(Oc1ccccc1I)C(=O)O. The summed E-state index contributed by atoms with van der Waals surface area (Å²) in [5.74, 6) is -0.495. The molecule has 4 heteroatoms. The lowest BCUT2D eigenvalue weighted by molar-refractivity contribution is -0.135. The number of aliphatic carboxylic acids is 1. The lowest BCUT2D eigenvalue weighted by Gasteiger charge is -2.09. The van der Waals surface area contributed by atoms with E-state index >= 15 is 0 Å². The normalized spacial score (nSPS) is 9.53. The molecule has 0 aliphatic heterocycles. The Morgan fingerprint density at radius 1 is 1.33 bits per heavy atom. The van der Waals surface area contributed by atoms with Crippen LogP contribution in [0.4, 0.5) is 0 Å². The third-order valence-electron chi connectivity index (χ3n) is 1.70. The zero-order valence-electron chi connectivity index (χ0n) is 8.45. The standard InChI is InChI=1S/C11H11IO3/c1-7(2)10(11(13)14)15-9-6-4-3-5-8(9)12/h3-6H,1-2H3,(H,13,14). The van der Waals surface area contributed by atoms with E-state index in [-0.39, 0.29) is 5.76 Å². The van der Waals surface area contributed by atoms with Crippen molar-refractivity contribution in [3.63, 3.8) is 0 Å². The Labute approximate surface area is 102 Å². The number of hydrogen-bond acceptors (Lipinski definition) is 2. The van der Waals surface area contributed by atoms with E-state index < -0.39 is 5.97 Å². The van der Waals surface area contributed by atoms with Gasteiger partial charge in [0, 0.05) is 0 Å². The highest BCUT2D eigenvalue weighted by atomic mass is 127. The molecule has 1 N–H and O–H groups in total. The van der Waals surface area contributed by atoms with E-state index in [1.54, 1.807) is 19.9 Å². The number of allylic oxidation sites excluding steroid dienone is 1. The summed E-state index contributed by atoms with van der Waals surface area (Å²) < 4.78 is 6.23. The fourth-order valence-electron chi connectivity index (χ4n) is 0.997. The smallest absolute Gasteiger partial charge is 0.371 e. The van der Waals surface area contributed by atoms with Gasteiger partial charge in [0.05, 0.1) is 3.57 Å². The molecule has 0 heterocycles. The van der Waals surface area contributed by atoms with Crippen LogP contribution in [0.15, 0.2) is 35.6 Å². The molecule has 0 spiro atoms. The Kier molecular flexibility index (Phi) is 4.14. The zero-order chi connectivity index (χ0) is 11.4. The first-order valence-electron chi connectivity index (χ1n) is 4.35. The largest absolute Gasteiger partial charge is 0.475 e. The van der Waals surface area contributed by atoms with Gasteiger partial charge in [0.15, 0.2) is 0 Å². The average molecular weight is 318 g/mol. The average Bonchev–Trinajstić information content (AvgIpc) is 2.15. The quantitative estimate of drug-likeness (QED) is 0.529. The number of benzene rings is 1. The summed E-state index contributed by atoms with van der Waals surface area (Å²) in [5.41, 5.74) is 0.641. The molecular weight excluding hydrogens is 307 g/mol. The molecule has 0 atom stereocenters. The second-order valence-electron chi connectivity index (χ2n) is 3.17. The lowest BCUT2D eigenvalue weighted by Crippen LogP contribution is -2.10. The number of carboxylic acid groups (broad SMARTS) is 1. The molecule has 0 aliphatic rings. The number of para-hydroxylation sites is 1. The minimum atomic E-state index is -1.05. The highest BCUT2D eigenvalue weighted by Crippen LogP contribution is 2.22. The minimum Gasteiger partial charge on any atom is -0.475 e. The molecular formula is C11H11IO3. The van der Waals surface area contributed by atoms with Gasteiger partial charge in [-0.3, -0.25) is 0 Å². The van der Waals surface area contributed by atoms with Crippen LogP contribution in [0.3, 0.4) is 0 Å². The van der Waals surface area contributed by atoms with Crippen molar-refractivity contribution in [1.82, 2.24) is 0 Å². The van der Waals surface area contributed by atoms with Gasteiger partial charge in [-0.1, -0.05) is 12.1 Å². The molecule has 0 saturated carbocycles. The predicted octanol–water partition coefficient (Wildman–Crippen LogP) is 3.05. The van der Waals surface area contributed by atoms with Crippen molar-refractivity contribution in [2.45, 2.75) is 13.8 Å². The molecule has 3 nitrogen and oxygen atoms in total. The molecule has 15 heavy (non-hydrogen) atoms. The molecule has 1 rings (SSSR count). The first-order chi connectivity index (χ1) is 7.02. The van der Waals surface area contributed by atoms with Crippen molar-refractivity contribution in [3.05, 3.63) is 39.2 Å². The third kappa shape index (κ3) is 3.23. The summed E-state index contributed by atoms with van der Waals surface area (Å²) in [6, 6.07) is 7.29. The van der Waals surface area contributed by atoms with E-state index in [9.17, 15) is 4.79 Å². The maximum atomic E-state index is 10.9. The van der Waals surface area contributed by atoms with Gasteiger partial charge in [-0.2, -0.15) is 0 Å². The number of carboxylic acids is 1. The Balaban J connectivity index is 3.00. The monoisotopic (exact) mass is 318 g/mol. The fourth-order valence-corrected chi connectivity index (χ4v) is 1.49. The number of ether oxygens (including phenoxy) is 1. The van der Waals surface area contributed by atoms with Crippen molar-refractivity contribution >= 4 is 28.6 Å². The van der Waals surface area contributed by atoms with Crippen LogP contribution in [0.5, 0.6) is 5.75 Å². The van der Waals surface area contributed by atoms with Crippen LogP contribution in [-0.4, -0.2) is 11.1 Å². The maximum absolute atomic E-state index is 10.9.